The van der Waals surface area contributed by atoms with Gasteiger partial charge in [-0.3, -0.25) is 0 Å². The number of nitrogens with zero attached hydrogens (tertiary/aromatic N) is 1. The summed E-state index contributed by atoms with van der Waals surface area (Å²) in [5.41, 5.74) is 0.281. The van der Waals surface area contributed by atoms with Crippen LogP contribution in [0.5, 0.6) is 5.75 Å². The number of hydrogen-bond acceptors (Lipinski definition) is 1. The summed E-state index contributed by atoms with van der Waals surface area (Å²) in [6.07, 6.45) is 0. The van der Waals surface area contributed by atoms with E-state index in [4.69, 9.17) is 57.7 Å². The van der Waals surface area contributed by atoms with E-state index in [2.05, 4.69) is 10.9 Å². The quantitative estimate of drug-likeness (QED) is 0.371. The van der Waals surface area contributed by atoms with Crippen LogP contribution in [0.1, 0.15) is 19.4 Å². The van der Waals surface area contributed by atoms with Crippen LogP contribution in [0.15, 0.2) is 18.2 Å². The first-order valence-electron chi connectivity index (χ1n) is 5.45. The zero-order valence-electron chi connectivity index (χ0n) is 11.3. The molecule has 2 nitrogen and oxygen atoms in total. The molecule has 0 atom stereocenters. The van der Waals surface area contributed by atoms with Gasteiger partial charge in [0.25, 0.3) is 6.04 Å². The van der Waals surface area contributed by atoms with E-state index in [9.17, 15) is 4.39 Å². The van der Waals surface area contributed by atoms with Crippen molar-refractivity contribution in [3.8, 4) is 11.8 Å². The number of ether oxygens (including phenoxy) is 1. The molecule has 0 saturated heterocycles. The molecule has 0 aliphatic heterocycles. The monoisotopic (exact) mass is 525 g/mol. The van der Waals surface area contributed by atoms with E-state index < -0.39 is 9.14 Å². The predicted molar refractivity (Wildman–Crippen MR) is 95.3 cm³/mol. The second-order valence-electron chi connectivity index (χ2n) is 4.11. The van der Waals surface area contributed by atoms with Crippen molar-refractivity contribution in [3.63, 3.8) is 0 Å². The van der Waals surface area contributed by atoms with E-state index in [1.54, 1.807) is 12.1 Å². The Labute approximate surface area is 143 Å². The molecule has 0 amide bonds. The number of rotatable bonds is 1. The summed E-state index contributed by atoms with van der Waals surface area (Å²) in [7, 11) is 26.5. The number of halogens is 7. The fourth-order valence-corrected chi connectivity index (χ4v) is 0.977. The molecule has 0 bridgehead atoms. The predicted octanol–water partition coefficient (Wildman–Crippen LogP) is 6.68. The van der Waals surface area contributed by atoms with Gasteiger partial charge in [-0.1, -0.05) is 10.9 Å². The van der Waals surface area contributed by atoms with Gasteiger partial charge < -0.3 is 4.74 Å². The van der Waals surface area contributed by atoms with E-state index in [0.717, 1.165) is 0 Å². The molecule has 0 aliphatic carbocycles. The van der Waals surface area contributed by atoms with Crippen LogP contribution in [0.25, 0.3) is 4.85 Å². The van der Waals surface area contributed by atoms with Crippen LogP contribution in [0, 0.1) is 11.9 Å². The second-order valence-corrected chi connectivity index (χ2v) is 61.0. The molecule has 1 aromatic carbocycles. The van der Waals surface area contributed by atoms with Crippen molar-refractivity contribution in [2.75, 3.05) is 7.11 Å². The van der Waals surface area contributed by atoms with E-state index in [1.807, 2.05) is 13.8 Å². The van der Waals surface area contributed by atoms with Crippen molar-refractivity contribution < 1.29 is 9.13 Å². The molecule has 0 fully saturated rings. The van der Waals surface area contributed by atoms with Crippen molar-refractivity contribution >= 4 is 62.1 Å². The van der Waals surface area contributed by atoms with Gasteiger partial charge in [0.05, 0.1) is 7.11 Å². The molecule has 10 heteroatoms. The Hall–Kier alpha value is 0.998. The van der Waals surface area contributed by atoms with Gasteiger partial charge in [-0.05, 0) is 12.1 Å². The molecule has 0 saturated carbocycles. The number of hydrogen-bond donors (Lipinski definition) is 0. The normalized spacial score (nSPS) is 14.0. The molecule has 1 rings (SSSR count). The van der Waals surface area contributed by atoms with Gasteiger partial charge in [0.2, 0.25) is 0 Å². The zero-order valence-corrected chi connectivity index (χ0v) is 18.3. The van der Waals surface area contributed by atoms with Crippen LogP contribution in [-0.4, -0.2) is 22.3 Å². The SMILES string of the molecule is COc1cccc(F)c1C#[N+]C(C)C.[Cl][Sb-]([Cl])([Cl])([Cl])([Cl])[Cl]. The molecule has 21 heavy (non-hydrogen) atoms. The van der Waals surface area contributed by atoms with Crippen LogP contribution in [0.3, 0.4) is 0 Å². The van der Waals surface area contributed by atoms with Crippen molar-refractivity contribution in [2.45, 2.75) is 19.9 Å². The van der Waals surface area contributed by atoms with Crippen LogP contribution >= 0.6 is 53.0 Å². The molecule has 1 aromatic rings. The molecule has 0 radical (unpaired) electrons. The minimum absolute atomic E-state index is 0.0966. The first-order chi connectivity index (χ1) is 9.10. The molecule has 0 heterocycles. The molecule has 0 aromatic heterocycles. The van der Waals surface area contributed by atoms with Crippen molar-refractivity contribution in [3.05, 3.63) is 34.4 Å². The van der Waals surface area contributed by atoms with E-state index in [-0.39, 0.29) is 17.4 Å². The van der Waals surface area contributed by atoms with E-state index in [1.165, 1.54) is 13.2 Å². The van der Waals surface area contributed by atoms with E-state index in [0.29, 0.717) is 5.75 Å². The third kappa shape index (κ3) is 15.7. The van der Waals surface area contributed by atoms with Crippen molar-refractivity contribution in [1.82, 2.24) is 0 Å². The topological polar surface area (TPSA) is 13.6 Å². The van der Waals surface area contributed by atoms with Crippen LogP contribution < -0.4 is 4.74 Å². The van der Waals surface area contributed by atoms with Crippen molar-refractivity contribution in [2.24, 2.45) is 0 Å². The zero-order chi connectivity index (χ0) is 17.0. The Bertz CT molecular complexity index is 550. The Morgan fingerprint density at radius 1 is 1.14 bits per heavy atom. The van der Waals surface area contributed by atoms with Crippen molar-refractivity contribution in [1.29, 1.82) is 0 Å². The molecular formula is C11H13Cl6FNOSb. The summed E-state index contributed by atoms with van der Waals surface area (Å²) in [5.74, 6) is 0.0863. The van der Waals surface area contributed by atoms with Gasteiger partial charge in [0, 0.05) is 13.8 Å². The molecule has 0 N–H and O–H groups in total. The molecular weight excluding hydrogens is 516 g/mol. The Morgan fingerprint density at radius 2 is 1.62 bits per heavy atom. The second kappa shape index (κ2) is 7.27. The first kappa shape index (κ1) is 22.0. The number of methoxy groups -OCH3 is 1. The Kier molecular flexibility index (Phi) is 7.61. The molecule has 122 valence electrons. The third-order valence-electron chi connectivity index (χ3n) is 1.63. The summed E-state index contributed by atoms with van der Waals surface area (Å²) in [5, 5.41) is 0. The van der Waals surface area contributed by atoms with Crippen LogP contribution in [0.4, 0.5) is 4.39 Å². The van der Waals surface area contributed by atoms with Gasteiger partial charge in [0.1, 0.15) is 11.6 Å². The molecule has 0 aliphatic rings. The maximum atomic E-state index is 13.3. The average Bonchev–Trinajstić information content (AvgIpc) is 2.22. The fourth-order valence-electron chi connectivity index (χ4n) is 0.977. The summed E-state index contributed by atoms with van der Waals surface area (Å²) in [6, 6.07) is 7.39. The Morgan fingerprint density at radius 3 is 2.00 bits per heavy atom. The first-order valence-corrected chi connectivity index (χ1v) is 24.8. The summed E-state index contributed by atoms with van der Waals surface area (Å²) in [4.78, 5) is 3.99. The van der Waals surface area contributed by atoms with Gasteiger partial charge in [-0.15, -0.1) is 0 Å². The van der Waals surface area contributed by atoms with E-state index >= 15 is 0 Å². The number of benzene rings is 1. The standard InChI is InChI=1S/C11H13FNO.6ClH.Sb/c1-8(2)13-7-9-10(12)5-4-6-11(9)14-3;;;;;;;/h4-6,8H,1-3H3;6*1H;/q+1;;;;;;;+5/p-6. The average molecular weight is 529 g/mol. The molecule has 0 spiro atoms. The minimum atomic E-state index is -5.42. The third-order valence-corrected chi connectivity index (χ3v) is 1.63. The molecule has 0 unspecified atom stereocenters. The summed E-state index contributed by atoms with van der Waals surface area (Å²) >= 11 is 0. The summed E-state index contributed by atoms with van der Waals surface area (Å²) in [6.45, 7) is 3.81. The van der Waals surface area contributed by atoms with Gasteiger partial charge >= 0.3 is 68.2 Å². The van der Waals surface area contributed by atoms with Gasteiger partial charge in [-0.2, -0.15) is 0 Å². The fraction of sp³-hybridized carbons (Fsp3) is 0.364. The maximum absolute atomic E-state index is 13.3. The van der Waals surface area contributed by atoms with Gasteiger partial charge in [-0.25, -0.2) is 4.39 Å². The summed E-state index contributed by atoms with van der Waals surface area (Å²) < 4.78 is 18.3. The van der Waals surface area contributed by atoms with Gasteiger partial charge in [0.15, 0.2) is 5.56 Å². The van der Waals surface area contributed by atoms with Crippen LogP contribution in [0.2, 0.25) is 0 Å². The Balaban J connectivity index is 0.000000486. The van der Waals surface area contributed by atoms with Crippen LogP contribution in [-0.2, 0) is 0 Å².